The summed E-state index contributed by atoms with van der Waals surface area (Å²) in [5, 5.41) is 0. The van der Waals surface area contributed by atoms with E-state index in [9.17, 15) is 9.59 Å². The van der Waals surface area contributed by atoms with Gasteiger partial charge in [0.15, 0.2) is 0 Å². The maximum absolute atomic E-state index is 11.3. The average molecular weight is 201 g/mol. The van der Waals surface area contributed by atoms with E-state index in [1.54, 1.807) is 7.11 Å². The molecule has 0 radical (unpaired) electrons. The number of hydrogen-bond acceptors (Lipinski definition) is 4. The van der Waals surface area contributed by atoms with Crippen molar-refractivity contribution in [2.24, 2.45) is 0 Å². The molecule has 5 heteroatoms. The van der Waals surface area contributed by atoms with Crippen molar-refractivity contribution in [3.63, 3.8) is 0 Å². The number of ether oxygens (including phenoxy) is 2. The van der Waals surface area contributed by atoms with Gasteiger partial charge in [-0.2, -0.15) is 0 Å². The van der Waals surface area contributed by atoms with Gasteiger partial charge in [-0.25, -0.2) is 4.79 Å². The standard InChI is InChI=1S/C9H15NO4/c1-6(11)10-5-7(13-2)4-8(10)9(12)14-3/h7-8H,4-5H2,1-3H3/t7-,8+/m1/s1. The van der Waals surface area contributed by atoms with Crippen LogP contribution in [-0.2, 0) is 19.1 Å². The molecule has 1 saturated heterocycles. The molecule has 1 fully saturated rings. The average Bonchev–Trinajstić information content (AvgIpc) is 2.60. The van der Waals surface area contributed by atoms with Gasteiger partial charge in [-0.1, -0.05) is 0 Å². The second-order valence-corrected chi connectivity index (χ2v) is 3.30. The van der Waals surface area contributed by atoms with Gasteiger partial charge in [0.25, 0.3) is 0 Å². The van der Waals surface area contributed by atoms with Crippen molar-refractivity contribution in [2.75, 3.05) is 20.8 Å². The van der Waals surface area contributed by atoms with E-state index in [-0.39, 0.29) is 18.0 Å². The van der Waals surface area contributed by atoms with Crippen LogP contribution in [0.4, 0.5) is 0 Å². The molecule has 0 aliphatic carbocycles. The summed E-state index contributed by atoms with van der Waals surface area (Å²) in [4.78, 5) is 24.0. The van der Waals surface area contributed by atoms with Crippen molar-refractivity contribution >= 4 is 11.9 Å². The molecule has 80 valence electrons. The third kappa shape index (κ3) is 2.04. The number of rotatable bonds is 2. The third-order valence-corrected chi connectivity index (χ3v) is 2.47. The van der Waals surface area contributed by atoms with Crippen molar-refractivity contribution in [1.29, 1.82) is 0 Å². The first-order valence-corrected chi connectivity index (χ1v) is 4.48. The zero-order chi connectivity index (χ0) is 10.7. The molecule has 1 rings (SSSR count). The van der Waals surface area contributed by atoms with Crippen molar-refractivity contribution < 1.29 is 19.1 Å². The maximum atomic E-state index is 11.3. The molecule has 1 amide bonds. The molecule has 0 aromatic heterocycles. The Labute approximate surface area is 83.0 Å². The van der Waals surface area contributed by atoms with E-state index in [1.807, 2.05) is 0 Å². The van der Waals surface area contributed by atoms with Gasteiger partial charge in [-0.05, 0) is 0 Å². The van der Waals surface area contributed by atoms with E-state index in [0.29, 0.717) is 13.0 Å². The highest BCUT2D eigenvalue weighted by atomic mass is 16.5. The molecular weight excluding hydrogens is 186 g/mol. The van der Waals surface area contributed by atoms with Gasteiger partial charge in [-0.3, -0.25) is 4.79 Å². The van der Waals surface area contributed by atoms with Gasteiger partial charge in [0.2, 0.25) is 5.91 Å². The number of nitrogens with zero attached hydrogens (tertiary/aromatic N) is 1. The summed E-state index contributed by atoms with van der Waals surface area (Å²) in [6, 6.07) is -0.484. The molecule has 2 atom stereocenters. The molecular formula is C9H15NO4. The molecule has 1 aliphatic rings. The second-order valence-electron chi connectivity index (χ2n) is 3.30. The van der Waals surface area contributed by atoms with E-state index in [0.717, 1.165) is 0 Å². The lowest BCUT2D eigenvalue weighted by molar-refractivity contribution is -0.150. The molecule has 14 heavy (non-hydrogen) atoms. The first kappa shape index (κ1) is 11.0. The molecule has 0 saturated carbocycles. The topological polar surface area (TPSA) is 55.8 Å². The Morgan fingerprint density at radius 3 is 2.43 bits per heavy atom. The predicted octanol–water partition coefficient (Wildman–Crippen LogP) is -0.205. The Hall–Kier alpha value is -1.10. The summed E-state index contributed by atoms with van der Waals surface area (Å²) in [5.41, 5.74) is 0. The largest absolute Gasteiger partial charge is 0.467 e. The van der Waals surface area contributed by atoms with Gasteiger partial charge in [-0.15, -0.1) is 0 Å². The molecule has 0 spiro atoms. The first-order chi connectivity index (χ1) is 6.60. The Morgan fingerprint density at radius 2 is 2.00 bits per heavy atom. The number of carbonyl (C=O) groups is 2. The van der Waals surface area contributed by atoms with Crippen molar-refractivity contribution in [2.45, 2.75) is 25.5 Å². The summed E-state index contributed by atoms with van der Waals surface area (Å²) >= 11 is 0. The molecule has 0 bridgehead atoms. The Balaban J connectivity index is 2.71. The van der Waals surface area contributed by atoms with E-state index < -0.39 is 6.04 Å². The van der Waals surface area contributed by atoms with E-state index in [1.165, 1.54) is 18.9 Å². The fraction of sp³-hybridized carbons (Fsp3) is 0.778. The number of likely N-dealkylation sites (tertiary alicyclic amines) is 1. The lowest BCUT2D eigenvalue weighted by atomic mass is 10.2. The van der Waals surface area contributed by atoms with Crippen LogP contribution in [0.15, 0.2) is 0 Å². The third-order valence-electron chi connectivity index (χ3n) is 2.47. The summed E-state index contributed by atoms with van der Waals surface area (Å²) < 4.78 is 9.73. The maximum Gasteiger partial charge on any atom is 0.328 e. The number of methoxy groups -OCH3 is 2. The summed E-state index contributed by atoms with van der Waals surface area (Å²) in [6.45, 7) is 1.90. The normalized spacial score (nSPS) is 26.4. The van der Waals surface area contributed by atoms with Gasteiger partial charge in [0.05, 0.1) is 13.2 Å². The molecule has 0 unspecified atom stereocenters. The number of carbonyl (C=O) groups excluding carboxylic acids is 2. The van der Waals surface area contributed by atoms with Gasteiger partial charge >= 0.3 is 5.97 Å². The quantitative estimate of drug-likeness (QED) is 0.580. The first-order valence-electron chi connectivity index (χ1n) is 4.48. The van der Waals surface area contributed by atoms with Crippen LogP contribution in [0.1, 0.15) is 13.3 Å². The zero-order valence-corrected chi connectivity index (χ0v) is 8.65. The second kappa shape index (κ2) is 4.41. The van der Waals surface area contributed by atoms with Crippen LogP contribution < -0.4 is 0 Å². The minimum Gasteiger partial charge on any atom is -0.467 e. The summed E-state index contributed by atoms with van der Waals surface area (Å²) in [6.07, 6.45) is 0.450. The fourth-order valence-electron chi connectivity index (χ4n) is 1.68. The smallest absolute Gasteiger partial charge is 0.328 e. The van der Waals surface area contributed by atoms with E-state index in [4.69, 9.17) is 4.74 Å². The minimum atomic E-state index is -0.484. The number of esters is 1. The molecule has 1 heterocycles. The van der Waals surface area contributed by atoms with Crippen molar-refractivity contribution in [3.8, 4) is 0 Å². The Kier molecular flexibility index (Phi) is 3.46. The van der Waals surface area contributed by atoms with Gasteiger partial charge in [0.1, 0.15) is 6.04 Å². The van der Waals surface area contributed by atoms with Gasteiger partial charge < -0.3 is 14.4 Å². The molecule has 0 N–H and O–H groups in total. The minimum absolute atomic E-state index is 0.0667. The summed E-state index contributed by atoms with van der Waals surface area (Å²) in [7, 11) is 2.89. The van der Waals surface area contributed by atoms with Crippen molar-refractivity contribution in [1.82, 2.24) is 4.90 Å². The van der Waals surface area contributed by atoms with Gasteiger partial charge in [0, 0.05) is 27.0 Å². The van der Waals surface area contributed by atoms with Crippen LogP contribution in [0, 0.1) is 0 Å². The van der Waals surface area contributed by atoms with E-state index >= 15 is 0 Å². The molecule has 5 nitrogen and oxygen atoms in total. The van der Waals surface area contributed by atoms with Crippen LogP contribution in [0.2, 0.25) is 0 Å². The molecule has 1 aliphatic heterocycles. The number of hydrogen-bond donors (Lipinski definition) is 0. The van der Waals surface area contributed by atoms with Crippen LogP contribution in [0.5, 0.6) is 0 Å². The van der Waals surface area contributed by atoms with Crippen LogP contribution >= 0.6 is 0 Å². The van der Waals surface area contributed by atoms with Crippen molar-refractivity contribution in [3.05, 3.63) is 0 Å². The van der Waals surface area contributed by atoms with Crippen LogP contribution in [0.3, 0.4) is 0 Å². The monoisotopic (exact) mass is 201 g/mol. The Bertz CT molecular complexity index is 241. The lowest BCUT2D eigenvalue weighted by Crippen LogP contribution is -2.39. The van der Waals surface area contributed by atoms with Crippen LogP contribution in [-0.4, -0.2) is 49.7 Å². The number of amides is 1. The molecule has 0 aromatic rings. The Morgan fingerprint density at radius 1 is 1.36 bits per heavy atom. The predicted molar refractivity (Wildman–Crippen MR) is 48.6 cm³/mol. The van der Waals surface area contributed by atoms with Crippen LogP contribution in [0.25, 0.3) is 0 Å². The fourth-order valence-corrected chi connectivity index (χ4v) is 1.68. The summed E-state index contributed by atoms with van der Waals surface area (Å²) in [5.74, 6) is -0.500. The highest BCUT2D eigenvalue weighted by Crippen LogP contribution is 2.20. The zero-order valence-electron chi connectivity index (χ0n) is 8.65. The highest BCUT2D eigenvalue weighted by molar-refractivity contribution is 5.84. The molecule has 0 aromatic carbocycles. The van der Waals surface area contributed by atoms with E-state index in [2.05, 4.69) is 4.74 Å². The SMILES string of the molecule is COC(=O)[C@@H]1C[C@@H](OC)CN1C(C)=O. The highest BCUT2D eigenvalue weighted by Gasteiger charge is 2.38. The lowest BCUT2D eigenvalue weighted by Gasteiger charge is -2.20.